The number of hydrogen-bond acceptors (Lipinski definition) is 4. The minimum absolute atomic E-state index is 0.0187. The third kappa shape index (κ3) is 8.84. The highest BCUT2D eigenvalue weighted by atomic mass is 19.4. The fourth-order valence-electron chi connectivity index (χ4n) is 3.22. The fourth-order valence-corrected chi connectivity index (χ4v) is 3.22. The van der Waals surface area contributed by atoms with Gasteiger partial charge in [-0.1, -0.05) is 0 Å². The summed E-state index contributed by atoms with van der Waals surface area (Å²) >= 11 is 0. The van der Waals surface area contributed by atoms with Crippen molar-refractivity contribution in [2.24, 2.45) is 5.92 Å². The Bertz CT molecular complexity index is 809. The van der Waals surface area contributed by atoms with Gasteiger partial charge >= 0.3 is 12.4 Å². The van der Waals surface area contributed by atoms with Crippen molar-refractivity contribution in [3.8, 4) is 0 Å². The molecule has 0 aliphatic carbocycles. The highest BCUT2D eigenvalue weighted by Gasteiger charge is 2.37. The lowest BCUT2D eigenvalue weighted by atomic mass is 9.96. The monoisotopic (exact) mass is 483 g/mol. The molecule has 1 fully saturated rings. The van der Waals surface area contributed by atoms with Crippen molar-refractivity contribution >= 4 is 11.8 Å². The van der Waals surface area contributed by atoms with Crippen LogP contribution in [-0.4, -0.2) is 48.5 Å². The Kier molecular flexibility index (Phi) is 8.39. The van der Waals surface area contributed by atoms with Crippen LogP contribution in [0.2, 0.25) is 0 Å². The first-order valence-corrected chi connectivity index (χ1v) is 10.3. The van der Waals surface area contributed by atoms with Gasteiger partial charge in [0, 0.05) is 12.1 Å². The molecule has 186 valence electrons. The maximum atomic E-state index is 13.0. The number of hydrogen-bond donors (Lipinski definition) is 2. The lowest BCUT2D eigenvalue weighted by molar-refractivity contribution is -0.147. The van der Waals surface area contributed by atoms with E-state index in [2.05, 4.69) is 10.8 Å². The standard InChI is InChI=1S/C21H27F6N3O3/c1-19(2,3)33-29-17(31)12-30-6-4-13(5-7-30)11-28-18(32)14-8-15(20(22,23)24)10-16(9-14)21(25,26)27/h8-10,13H,4-7,11-12H2,1-3H3,(H,28,32)(H,29,31). The van der Waals surface area contributed by atoms with E-state index in [1.54, 1.807) is 20.8 Å². The summed E-state index contributed by atoms with van der Waals surface area (Å²) in [6, 6.07) is 0.798. The average Bonchev–Trinajstić information content (AvgIpc) is 2.69. The number of rotatable bonds is 6. The molecule has 2 amide bonds. The number of nitrogens with zero attached hydrogens (tertiary/aromatic N) is 1. The maximum absolute atomic E-state index is 13.0. The van der Waals surface area contributed by atoms with Crippen molar-refractivity contribution in [1.82, 2.24) is 15.7 Å². The van der Waals surface area contributed by atoms with E-state index in [9.17, 15) is 35.9 Å². The van der Waals surface area contributed by atoms with Crippen LogP contribution < -0.4 is 10.8 Å². The molecule has 0 unspecified atom stereocenters. The predicted molar refractivity (Wildman–Crippen MR) is 107 cm³/mol. The van der Waals surface area contributed by atoms with Crippen LogP contribution in [0.3, 0.4) is 0 Å². The molecular weight excluding hydrogens is 456 g/mol. The van der Waals surface area contributed by atoms with Gasteiger partial charge in [-0.3, -0.25) is 19.3 Å². The van der Waals surface area contributed by atoms with E-state index < -0.39 is 40.6 Å². The van der Waals surface area contributed by atoms with Crippen molar-refractivity contribution < 1.29 is 40.8 Å². The molecule has 1 aliphatic rings. The third-order valence-corrected chi connectivity index (χ3v) is 4.95. The number of benzene rings is 1. The van der Waals surface area contributed by atoms with E-state index >= 15 is 0 Å². The Labute approximate surface area is 187 Å². The molecule has 33 heavy (non-hydrogen) atoms. The highest BCUT2D eigenvalue weighted by molar-refractivity contribution is 5.94. The molecule has 2 N–H and O–H groups in total. The topological polar surface area (TPSA) is 70.7 Å². The highest BCUT2D eigenvalue weighted by Crippen LogP contribution is 2.36. The van der Waals surface area contributed by atoms with Crippen LogP contribution in [0, 0.1) is 5.92 Å². The zero-order valence-electron chi connectivity index (χ0n) is 18.5. The van der Waals surface area contributed by atoms with E-state index in [1.807, 2.05) is 4.90 Å². The Balaban J connectivity index is 1.89. The lowest BCUT2D eigenvalue weighted by Crippen LogP contribution is -2.44. The molecule has 0 spiro atoms. The summed E-state index contributed by atoms with van der Waals surface area (Å²) in [6.45, 7) is 6.68. The van der Waals surface area contributed by atoms with Crippen molar-refractivity contribution in [3.63, 3.8) is 0 Å². The number of hydroxylamine groups is 1. The molecule has 0 bridgehead atoms. The van der Waals surface area contributed by atoms with Crippen LogP contribution in [-0.2, 0) is 22.0 Å². The largest absolute Gasteiger partial charge is 0.416 e. The minimum atomic E-state index is -5.02. The number of alkyl halides is 6. The van der Waals surface area contributed by atoms with Gasteiger partial charge in [-0.2, -0.15) is 26.3 Å². The Morgan fingerprint density at radius 3 is 1.94 bits per heavy atom. The number of amides is 2. The van der Waals surface area contributed by atoms with E-state index in [4.69, 9.17) is 4.84 Å². The number of halogens is 6. The van der Waals surface area contributed by atoms with Crippen molar-refractivity contribution in [1.29, 1.82) is 0 Å². The van der Waals surface area contributed by atoms with Gasteiger partial charge in [0.1, 0.15) is 0 Å². The average molecular weight is 483 g/mol. The summed E-state index contributed by atoms with van der Waals surface area (Å²) in [5.74, 6) is -1.33. The molecule has 0 radical (unpaired) electrons. The number of carbonyl (C=O) groups is 2. The van der Waals surface area contributed by atoms with Gasteiger partial charge in [0.25, 0.3) is 11.8 Å². The first-order valence-electron chi connectivity index (χ1n) is 10.3. The van der Waals surface area contributed by atoms with Gasteiger partial charge in [-0.05, 0) is 70.8 Å². The summed E-state index contributed by atoms with van der Waals surface area (Å²) in [5, 5.41) is 2.43. The van der Waals surface area contributed by atoms with Crippen molar-refractivity contribution in [3.05, 3.63) is 34.9 Å². The second kappa shape index (κ2) is 10.3. The summed E-state index contributed by atoms with van der Waals surface area (Å²) < 4.78 is 77.8. The second-order valence-electron chi connectivity index (χ2n) is 8.96. The fraction of sp³-hybridized carbons (Fsp3) is 0.619. The molecule has 0 atom stereocenters. The van der Waals surface area contributed by atoms with E-state index in [0.29, 0.717) is 38.1 Å². The molecule has 1 heterocycles. The molecule has 2 rings (SSSR count). The third-order valence-electron chi connectivity index (χ3n) is 4.95. The first-order chi connectivity index (χ1) is 15.0. The number of piperidine rings is 1. The summed E-state index contributed by atoms with van der Waals surface area (Å²) in [4.78, 5) is 31.3. The zero-order valence-corrected chi connectivity index (χ0v) is 18.5. The van der Waals surface area contributed by atoms with Gasteiger partial charge < -0.3 is 5.32 Å². The van der Waals surface area contributed by atoms with Crippen LogP contribution in [0.5, 0.6) is 0 Å². The van der Waals surface area contributed by atoms with Crippen LogP contribution >= 0.6 is 0 Å². The molecule has 12 heteroatoms. The van der Waals surface area contributed by atoms with Crippen LogP contribution in [0.4, 0.5) is 26.3 Å². The van der Waals surface area contributed by atoms with Gasteiger partial charge in [0.2, 0.25) is 0 Å². The summed E-state index contributed by atoms with van der Waals surface area (Å²) in [7, 11) is 0. The smallest absolute Gasteiger partial charge is 0.352 e. The predicted octanol–water partition coefficient (Wildman–Crippen LogP) is 4.01. The molecule has 1 aliphatic heterocycles. The van der Waals surface area contributed by atoms with Crippen LogP contribution in [0.1, 0.15) is 55.1 Å². The normalized spacial score (nSPS) is 16.5. The van der Waals surface area contributed by atoms with Gasteiger partial charge in [-0.25, -0.2) is 5.48 Å². The van der Waals surface area contributed by atoms with Crippen LogP contribution in [0.25, 0.3) is 0 Å². The molecule has 1 saturated heterocycles. The van der Waals surface area contributed by atoms with E-state index in [1.165, 1.54) is 0 Å². The Morgan fingerprint density at radius 1 is 0.970 bits per heavy atom. The van der Waals surface area contributed by atoms with Crippen LogP contribution in [0.15, 0.2) is 18.2 Å². The van der Waals surface area contributed by atoms with E-state index in [-0.39, 0.29) is 31.0 Å². The molecular formula is C21H27F6N3O3. The lowest BCUT2D eigenvalue weighted by Gasteiger charge is -2.31. The minimum Gasteiger partial charge on any atom is -0.352 e. The summed E-state index contributed by atoms with van der Waals surface area (Å²) in [6.07, 6.45) is -8.84. The Hall–Kier alpha value is -2.34. The second-order valence-corrected chi connectivity index (χ2v) is 8.96. The molecule has 1 aromatic rings. The molecule has 0 saturated carbocycles. The van der Waals surface area contributed by atoms with E-state index in [0.717, 1.165) is 0 Å². The molecule has 0 aromatic heterocycles. The van der Waals surface area contributed by atoms with Crippen molar-refractivity contribution in [2.45, 2.75) is 51.6 Å². The number of carbonyl (C=O) groups excluding carboxylic acids is 2. The molecule has 6 nitrogen and oxygen atoms in total. The van der Waals surface area contributed by atoms with Crippen molar-refractivity contribution in [2.75, 3.05) is 26.2 Å². The number of nitrogens with one attached hydrogen (secondary N) is 2. The molecule has 1 aromatic carbocycles. The van der Waals surface area contributed by atoms with Gasteiger partial charge in [0.05, 0.1) is 23.3 Å². The first kappa shape index (κ1) is 26.9. The van der Waals surface area contributed by atoms with Gasteiger partial charge in [0.15, 0.2) is 0 Å². The Morgan fingerprint density at radius 2 is 1.48 bits per heavy atom. The quantitative estimate of drug-likeness (QED) is 0.474. The SMILES string of the molecule is CC(C)(C)ONC(=O)CN1CCC(CNC(=O)c2cc(C(F)(F)F)cc(C(F)(F)F)c2)CC1. The number of likely N-dealkylation sites (tertiary alicyclic amines) is 1. The summed E-state index contributed by atoms with van der Waals surface area (Å²) in [5.41, 5.74) is -1.93. The van der Waals surface area contributed by atoms with Gasteiger partial charge in [-0.15, -0.1) is 0 Å². The zero-order chi connectivity index (χ0) is 25.0. The maximum Gasteiger partial charge on any atom is 0.416 e.